The summed E-state index contributed by atoms with van der Waals surface area (Å²) in [6, 6.07) is 4.14. The van der Waals surface area contributed by atoms with Gasteiger partial charge in [0.05, 0.1) is 17.9 Å². The van der Waals surface area contributed by atoms with Gasteiger partial charge in [-0.25, -0.2) is 4.98 Å². The van der Waals surface area contributed by atoms with Crippen molar-refractivity contribution in [3.05, 3.63) is 40.1 Å². The molecule has 0 saturated heterocycles. The molecule has 0 aliphatic heterocycles. The largest absolute Gasteiger partial charge is 0.397 e. The molecule has 2 heterocycles. The predicted molar refractivity (Wildman–Crippen MR) is 75.6 cm³/mol. The molecule has 0 radical (unpaired) electrons. The van der Waals surface area contributed by atoms with Crippen LogP contribution in [0.25, 0.3) is 0 Å². The topological polar surface area (TPSA) is 63.8 Å². The second kappa shape index (κ2) is 5.93. The number of rotatable bonds is 5. The lowest BCUT2D eigenvalue weighted by atomic mass is 10.2. The van der Waals surface area contributed by atoms with Crippen LogP contribution in [0, 0.1) is 6.92 Å². The van der Waals surface area contributed by atoms with Gasteiger partial charge in [0.15, 0.2) is 0 Å². The summed E-state index contributed by atoms with van der Waals surface area (Å²) in [5.41, 5.74) is 7.36. The lowest BCUT2D eigenvalue weighted by Crippen LogP contribution is -2.21. The number of nitrogens with zero attached hydrogens (tertiary/aromatic N) is 2. The van der Waals surface area contributed by atoms with E-state index in [0.29, 0.717) is 5.69 Å². The fourth-order valence-electron chi connectivity index (χ4n) is 1.66. The van der Waals surface area contributed by atoms with E-state index in [0.717, 1.165) is 23.7 Å². The maximum atomic E-state index is 5.60. The molecule has 3 N–H and O–H groups in total. The van der Waals surface area contributed by atoms with Gasteiger partial charge in [-0.1, -0.05) is 0 Å². The van der Waals surface area contributed by atoms with Gasteiger partial charge in [-0.2, -0.15) is 0 Å². The van der Waals surface area contributed by atoms with Crippen molar-refractivity contribution in [3.8, 4) is 0 Å². The molecule has 0 aromatic carbocycles. The lowest BCUT2D eigenvalue weighted by molar-refractivity contribution is 0.571. The summed E-state index contributed by atoms with van der Waals surface area (Å²) in [5, 5.41) is 4.59. The number of pyridine rings is 1. The Bertz CT molecular complexity index is 492. The third-order valence-electron chi connectivity index (χ3n) is 2.69. The van der Waals surface area contributed by atoms with E-state index in [1.807, 2.05) is 18.3 Å². The third kappa shape index (κ3) is 3.51. The molecule has 0 amide bonds. The van der Waals surface area contributed by atoms with Crippen LogP contribution in [0.4, 0.5) is 5.69 Å². The van der Waals surface area contributed by atoms with E-state index in [9.17, 15) is 0 Å². The standard InChI is InChI=1S/C13H18N4S/c1-9-7-17-13(18-9)10(2)15-6-5-12-4-3-11(14)8-16-12/h3-4,7-8,10,15H,5-6,14H2,1-2H3. The van der Waals surface area contributed by atoms with Gasteiger partial charge < -0.3 is 11.1 Å². The van der Waals surface area contributed by atoms with E-state index < -0.39 is 0 Å². The molecular formula is C13H18N4S. The number of hydrogen-bond acceptors (Lipinski definition) is 5. The van der Waals surface area contributed by atoms with E-state index in [1.165, 1.54) is 4.88 Å². The summed E-state index contributed by atoms with van der Waals surface area (Å²) in [5.74, 6) is 0. The van der Waals surface area contributed by atoms with Crippen LogP contribution in [-0.4, -0.2) is 16.5 Å². The minimum Gasteiger partial charge on any atom is -0.397 e. The van der Waals surface area contributed by atoms with Crippen LogP contribution in [0.5, 0.6) is 0 Å². The van der Waals surface area contributed by atoms with Gasteiger partial charge >= 0.3 is 0 Å². The Morgan fingerprint density at radius 3 is 2.78 bits per heavy atom. The molecule has 4 nitrogen and oxygen atoms in total. The Balaban J connectivity index is 1.80. The maximum Gasteiger partial charge on any atom is 0.109 e. The summed E-state index contributed by atoms with van der Waals surface area (Å²) in [4.78, 5) is 9.90. The van der Waals surface area contributed by atoms with Gasteiger partial charge in [-0.05, 0) is 26.0 Å². The van der Waals surface area contributed by atoms with Gasteiger partial charge in [0, 0.05) is 29.7 Å². The second-order valence-electron chi connectivity index (χ2n) is 4.32. The highest BCUT2D eigenvalue weighted by Gasteiger charge is 2.08. The highest BCUT2D eigenvalue weighted by atomic mass is 32.1. The van der Waals surface area contributed by atoms with E-state index >= 15 is 0 Å². The first-order valence-corrected chi connectivity index (χ1v) is 6.83. The normalized spacial score (nSPS) is 12.6. The Morgan fingerprint density at radius 2 is 2.17 bits per heavy atom. The van der Waals surface area contributed by atoms with Crippen LogP contribution in [0.1, 0.15) is 28.5 Å². The smallest absolute Gasteiger partial charge is 0.109 e. The Hall–Kier alpha value is -1.46. The van der Waals surface area contributed by atoms with Gasteiger partial charge in [-0.15, -0.1) is 11.3 Å². The quantitative estimate of drug-likeness (QED) is 0.868. The Morgan fingerprint density at radius 1 is 1.33 bits per heavy atom. The predicted octanol–water partition coefficient (Wildman–Crippen LogP) is 2.32. The molecule has 1 unspecified atom stereocenters. The molecule has 0 aliphatic carbocycles. The minimum atomic E-state index is 0.289. The van der Waals surface area contributed by atoms with Crippen molar-refractivity contribution < 1.29 is 0 Å². The summed E-state index contributed by atoms with van der Waals surface area (Å²) in [7, 11) is 0. The van der Waals surface area contributed by atoms with Crippen LogP contribution < -0.4 is 11.1 Å². The second-order valence-corrected chi connectivity index (χ2v) is 5.58. The van der Waals surface area contributed by atoms with Gasteiger partial charge in [0.2, 0.25) is 0 Å². The minimum absolute atomic E-state index is 0.289. The first-order chi connectivity index (χ1) is 8.65. The number of hydrogen-bond donors (Lipinski definition) is 2. The molecule has 5 heteroatoms. The zero-order valence-corrected chi connectivity index (χ0v) is 11.5. The molecule has 18 heavy (non-hydrogen) atoms. The fraction of sp³-hybridized carbons (Fsp3) is 0.385. The number of aromatic nitrogens is 2. The zero-order chi connectivity index (χ0) is 13.0. The van der Waals surface area contributed by atoms with E-state index in [1.54, 1.807) is 17.5 Å². The number of anilines is 1. The van der Waals surface area contributed by atoms with Crippen molar-refractivity contribution in [2.75, 3.05) is 12.3 Å². The molecule has 0 aliphatic rings. The average Bonchev–Trinajstić information content (AvgIpc) is 2.78. The van der Waals surface area contributed by atoms with Crippen LogP contribution in [-0.2, 0) is 6.42 Å². The Labute approximate surface area is 111 Å². The number of nitrogens with one attached hydrogen (secondary N) is 1. The molecule has 1 atom stereocenters. The van der Waals surface area contributed by atoms with Crippen molar-refractivity contribution in [2.24, 2.45) is 0 Å². The fourth-order valence-corrected chi connectivity index (χ4v) is 2.46. The summed E-state index contributed by atoms with van der Waals surface area (Å²) in [6.45, 7) is 5.09. The first kappa shape index (κ1) is 13.0. The van der Waals surface area contributed by atoms with Crippen molar-refractivity contribution in [2.45, 2.75) is 26.3 Å². The van der Waals surface area contributed by atoms with Crippen molar-refractivity contribution >= 4 is 17.0 Å². The number of aryl methyl sites for hydroxylation is 1. The molecule has 0 saturated carbocycles. The molecule has 2 rings (SSSR count). The third-order valence-corrected chi connectivity index (χ3v) is 3.78. The molecule has 0 fully saturated rings. The monoisotopic (exact) mass is 262 g/mol. The van der Waals surface area contributed by atoms with E-state index in [4.69, 9.17) is 5.73 Å². The van der Waals surface area contributed by atoms with Gasteiger partial charge in [-0.3, -0.25) is 4.98 Å². The lowest BCUT2D eigenvalue weighted by Gasteiger charge is -2.10. The number of thiazole rings is 1. The van der Waals surface area contributed by atoms with E-state index in [2.05, 4.69) is 29.1 Å². The van der Waals surface area contributed by atoms with Gasteiger partial charge in [0.25, 0.3) is 0 Å². The Kier molecular flexibility index (Phi) is 4.28. The summed E-state index contributed by atoms with van der Waals surface area (Å²) < 4.78 is 0. The first-order valence-electron chi connectivity index (χ1n) is 6.01. The van der Waals surface area contributed by atoms with Crippen LogP contribution in [0.2, 0.25) is 0 Å². The molecule has 2 aromatic rings. The SMILES string of the molecule is Cc1cnc(C(C)NCCc2ccc(N)cn2)s1. The van der Waals surface area contributed by atoms with Crippen molar-refractivity contribution in [3.63, 3.8) is 0 Å². The van der Waals surface area contributed by atoms with Gasteiger partial charge in [0.1, 0.15) is 5.01 Å². The molecule has 0 bridgehead atoms. The molecular weight excluding hydrogens is 244 g/mol. The van der Waals surface area contributed by atoms with Crippen LogP contribution in [0.3, 0.4) is 0 Å². The van der Waals surface area contributed by atoms with Crippen LogP contribution in [0.15, 0.2) is 24.5 Å². The number of nitrogens with two attached hydrogens (primary N) is 1. The highest BCUT2D eigenvalue weighted by molar-refractivity contribution is 7.11. The summed E-state index contributed by atoms with van der Waals surface area (Å²) >= 11 is 1.74. The maximum absolute atomic E-state index is 5.60. The van der Waals surface area contributed by atoms with E-state index in [-0.39, 0.29) is 6.04 Å². The molecule has 96 valence electrons. The van der Waals surface area contributed by atoms with Crippen molar-refractivity contribution in [1.82, 2.24) is 15.3 Å². The summed E-state index contributed by atoms with van der Waals surface area (Å²) in [6.07, 6.45) is 4.51. The highest BCUT2D eigenvalue weighted by Crippen LogP contribution is 2.18. The molecule has 2 aromatic heterocycles. The number of nitrogen functional groups attached to an aromatic ring is 1. The van der Waals surface area contributed by atoms with Crippen molar-refractivity contribution in [1.29, 1.82) is 0 Å². The zero-order valence-electron chi connectivity index (χ0n) is 10.7. The average molecular weight is 262 g/mol. The van der Waals surface area contributed by atoms with Crippen LogP contribution >= 0.6 is 11.3 Å². The molecule has 0 spiro atoms.